The van der Waals surface area contributed by atoms with Gasteiger partial charge in [-0.25, -0.2) is 9.97 Å². The Balaban J connectivity index is 0.00000193. The lowest BCUT2D eigenvalue weighted by atomic mass is 10.2. The van der Waals surface area contributed by atoms with Crippen molar-refractivity contribution >= 4 is 132 Å². The van der Waals surface area contributed by atoms with E-state index in [4.69, 9.17) is 37.1 Å². The molecule has 0 unspecified atom stereocenters. The summed E-state index contributed by atoms with van der Waals surface area (Å²) in [5.41, 5.74) is 5.98. The minimum Gasteiger partial charge on any atom is -0.494 e. The van der Waals surface area contributed by atoms with Crippen LogP contribution in [0.2, 0.25) is 0 Å². The summed E-state index contributed by atoms with van der Waals surface area (Å²) in [5.74, 6) is 1.73. The van der Waals surface area contributed by atoms with Gasteiger partial charge in [0.05, 0.1) is 58.5 Å². The standard InChI is InChI=1S/C43H49N13O6S4.O3S/c1-9-55(10-2)31-20-27(29(22-33(31)61-7)51-53-42-46-26-14-13-24(5)17-35(26)64-42)44-39-48-40(50-41(49-39)63-16-15-57)45-28-21-32(56(11-3)12-4)34(62-8)23-30(28)52-54-43-47-38-36(65-43)18-25(6)19-37(38)66(58,59)60;1-4(2)3/h13-14,17-23,57H,9-12,15-16H2,1-8H3,(H,58,59,60)(H2,44,45,48,49,50);. The third kappa shape index (κ3) is 13.2. The number of thiazole rings is 2. The maximum absolute atomic E-state index is 12.2. The molecule has 0 aliphatic heterocycles. The van der Waals surface area contributed by atoms with Crippen LogP contribution in [0, 0.1) is 13.8 Å². The number of azo groups is 2. The minimum absolute atomic E-state index is 0.0884. The molecule has 3 heterocycles. The van der Waals surface area contributed by atoms with Crippen LogP contribution >= 0.6 is 34.4 Å². The summed E-state index contributed by atoms with van der Waals surface area (Å²) in [6.07, 6.45) is 0. The first-order chi connectivity index (χ1) is 33.5. The van der Waals surface area contributed by atoms with Gasteiger partial charge in [0.25, 0.3) is 10.1 Å². The van der Waals surface area contributed by atoms with Gasteiger partial charge in [-0.15, -0.1) is 33.1 Å². The second kappa shape index (κ2) is 23.9. The van der Waals surface area contributed by atoms with Crippen LogP contribution in [0.4, 0.5) is 56.3 Å². The molecule has 70 heavy (non-hydrogen) atoms. The number of rotatable bonds is 20. The van der Waals surface area contributed by atoms with E-state index in [9.17, 15) is 18.1 Å². The van der Waals surface area contributed by atoms with Crippen molar-refractivity contribution in [3.63, 3.8) is 0 Å². The number of nitrogens with zero attached hydrogens (tertiary/aromatic N) is 11. The lowest BCUT2D eigenvalue weighted by Crippen LogP contribution is -2.22. The maximum Gasteiger partial charge on any atom is 0.425 e. The zero-order chi connectivity index (χ0) is 50.7. The molecule has 0 radical (unpaired) electrons. The number of ether oxygens (including phenoxy) is 2. The number of hydrogen-bond acceptors (Lipinski definition) is 24. The van der Waals surface area contributed by atoms with Crippen molar-refractivity contribution in [2.75, 3.05) is 73.2 Å². The van der Waals surface area contributed by atoms with Crippen molar-refractivity contribution in [1.29, 1.82) is 0 Å². The number of aryl methyl sites for hydroxylation is 2. The number of aromatic nitrogens is 5. The fourth-order valence-corrected chi connectivity index (χ4v) is 10.1. The van der Waals surface area contributed by atoms with Crippen LogP contribution in [-0.2, 0) is 20.7 Å². The summed E-state index contributed by atoms with van der Waals surface area (Å²) >= 11 is 3.80. The Morgan fingerprint density at radius 1 is 0.686 bits per heavy atom. The molecule has 0 aliphatic rings. The first-order valence-electron chi connectivity index (χ1n) is 21.3. The predicted octanol–water partition coefficient (Wildman–Crippen LogP) is 10.1. The van der Waals surface area contributed by atoms with Gasteiger partial charge in [-0.05, 0) is 89.1 Å². The molecule has 7 aromatic rings. The number of anilines is 6. The highest BCUT2D eigenvalue weighted by atomic mass is 32.2. The number of hydrogen-bond donors (Lipinski definition) is 4. The van der Waals surface area contributed by atoms with Gasteiger partial charge in [0.15, 0.2) is 5.16 Å². The first kappa shape index (κ1) is 52.9. The molecule has 0 aliphatic carbocycles. The third-order valence-corrected chi connectivity index (χ3v) is 13.6. The summed E-state index contributed by atoms with van der Waals surface area (Å²) in [7, 11) is -4.50. The Labute approximate surface area is 417 Å². The largest absolute Gasteiger partial charge is 0.494 e. The molecule has 370 valence electrons. The fourth-order valence-electron chi connectivity index (χ4n) is 6.95. The van der Waals surface area contributed by atoms with Gasteiger partial charge in [-0.1, -0.05) is 40.5 Å². The Morgan fingerprint density at radius 2 is 1.19 bits per heavy atom. The van der Waals surface area contributed by atoms with Gasteiger partial charge in [0.2, 0.25) is 22.2 Å². The van der Waals surface area contributed by atoms with Gasteiger partial charge in [0, 0.05) is 44.1 Å². The van der Waals surface area contributed by atoms with E-state index >= 15 is 0 Å². The monoisotopic (exact) mass is 1050 g/mol. The van der Waals surface area contributed by atoms with Crippen molar-refractivity contribution in [3.05, 3.63) is 65.7 Å². The van der Waals surface area contributed by atoms with Crippen molar-refractivity contribution in [1.82, 2.24) is 24.9 Å². The van der Waals surface area contributed by atoms with Gasteiger partial charge in [0.1, 0.15) is 33.3 Å². The van der Waals surface area contributed by atoms with E-state index in [1.165, 1.54) is 29.2 Å². The molecule has 22 nitrogen and oxygen atoms in total. The molecule has 0 bridgehead atoms. The third-order valence-electron chi connectivity index (χ3n) is 10.1. The Hall–Kier alpha value is -6.49. The lowest BCUT2D eigenvalue weighted by Gasteiger charge is -2.25. The molecule has 4 aromatic carbocycles. The van der Waals surface area contributed by atoms with Crippen molar-refractivity contribution in [3.8, 4) is 11.5 Å². The van der Waals surface area contributed by atoms with E-state index in [0.29, 0.717) is 86.7 Å². The van der Waals surface area contributed by atoms with E-state index in [1.54, 1.807) is 39.3 Å². The molecule has 7 rings (SSSR count). The van der Waals surface area contributed by atoms with Crippen LogP contribution in [0.5, 0.6) is 11.5 Å². The summed E-state index contributed by atoms with van der Waals surface area (Å²) in [4.78, 5) is 27.3. The highest BCUT2D eigenvalue weighted by Crippen LogP contribution is 2.43. The smallest absolute Gasteiger partial charge is 0.425 e. The van der Waals surface area contributed by atoms with Gasteiger partial charge in [-0.3, -0.25) is 4.55 Å². The molecular formula is C43H49N13O9S5. The normalized spacial score (nSPS) is 11.6. The van der Waals surface area contributed by atoms with Gasteiger partial charge >= 0.3 is 10.6 Å². The number of fused-ring (bicyclic) bond motifs is 2. The lowest BCUT2D eigenvalue weighted by molar-refractivity contribution is 0.322. The second-order valence-electron chi connectivity index (χ2n) is 14.7. The van der Waals surface area contributed by atoms with Crippen LogP contribution < -0.4 is 29.9 Å². The highest BCUT2D eigenvalue weighted by molar-refractivity contribution is 7.99. The molecule has 0 saturated heterocycles. The molecule has 0 amide bonds. The van der Waals surface area contributed by atoms with Gasteiger partial charge < -0.3 is 35.0 Å². The second-order valence-corrected chi connectivity index (χ2v) is 19.5. The van der Waals surface area contributed by atoms with E-state index in [2.05, 4.69) is 70.8 Å². The summed E-state index contributed by atoms with van der Waals surface area (Å²) in [5, 5.41) is 35.7. The minimum atomic E-state index is -4.56. The maximum atomic E-state index is 12.2. The number of thioether (sulfide) groups is 1. The SMILES string of the molecule is CCN(CC)c1cc(Nc2nc(Nc3cc(N(CC)CC)c(OC)cc3N=Nc3nc4c(S(=O)(=O)O)cc(C)cc4s3)nc(SCCO)n2)c(N=Nc2nc3ccc(C)cc3s2)cc1OC.O=S(=O)=O. The topological polar surface area (TPSA) is 289 Å². The molecule has 0 atom stereocenters. The average molecular weight is 1050 g/mol. The Bertz CT molecular complexity index is 3290. The number of benzene rings is 4. The quantitative estimate of drug-likeness (QED) is 0.0313. The van der Waals surface area contributed by atoms with Crippen molar-refractivity contribution in [2.24, 2.45) is 20.5 Å². The zero-order valence-electron chi connectivity index (χ0n) is 39.2. The molecular weight excluding hydrogens is 1000 g/mol. The molecule has 27 heteroatoms. The van der Waals surface area contributed by atoms with E-state index < -0.39 is 20.7 Å². The first-order valence-corrected chi connectivity index (χ1v) is 26.4. The van der Waals surface area contributed by atoms with Crippen molar-refractivity contribution in [2.45, 2.75) is 51.6 Å². The molecule has 0 spiro atoms. The van der Waals surface area contributed by atoms with Crippen LogP contribution in [0.25, 0.3) is 20.4 Å². The Kier molecular flexibility index (Phi) is 18.0. The number of aliphatic hydroxyl groups is 1. The molecule has 4 N–H and O–H groups in total. The zero-order valence-corrected chi connectivity index (χ0v) is 43.2. The van der Waals surface area contributed by atoms with Crippen LogP contribution in [0.1, 0.15) is 38.8 Å². The Morgan fingerprint density at radius 3 is 1.67 bits per heavy atom. The van der Waals surface area contributed by atoms with E-state index in [0.717, 1.165) is 38.5 Å². The van der Waals surface area contributed by atoms with Crippen molar-refractivity contribution < 1.29 is 40.2 Å². The highest BCUT2D eigenvalue weighted by Gasteiger charge is 2.22. The molecule has 0 saturated carbocycles. The van der Waals surface area contributed by atoms with Crippen LogP contribution in [-0.4, -0.2) is 108 Å². The van der Waals surface area contributed by atoms with Crippen LogP contribution in [0.3, 0.4) is 0 Å². The average Bonchev–Trinajstić information content (AvgIpc) is 3.93. The summed E-state index contributed by atoms with van der Waals surface area (Å²) in [6, 6.07) is 16.5. The van der Waals surface area contributed by atoms with Crippen LogP contribution in [0.15, 0.2) is 85.1 Å². The van der Waals surface area contributed by atoms with E-state index in [1.807, 2.05) is 45.0 Å². The molecule has 3 aromatic heterocycles. The van der Waals surface area contributed by atoms with E-state index in [-0.39, 0.29) is 34.0 Å². The number of nitrogens with one attached hydrogen (secondary N) is 2. The summed E-state index contributed by atoms with van der Waals surface area (Å²) in [6.45, 7) is 14.6. The number of aliphatic hydroxyl groups excluding tert-OH is 1. The summed E-state index contributed by atoms with van der Waals surface area (Å²) < 4.78 is 73.0. The number of methoxy groups -OCH3 is 2. The predicted molar refractivity (Wildman–Crippen MR) is 274 cm³/mol. The van der Waals surface area contributed by atoms with Gasteiger partial charge in [-0.2, -0.15) is 23.4 Å². The fraction of sp³-hybridized carbons (Fsp3) is 0.326. The molecule has 0 fully saturated rings.